The van der Waals surface area contributed by atoms with Crippen molar-refractivity contribution >= 4 is 28.6 Å². The third-order valence-electron chi connectivity index (χ3n) is 5.19. The molecular weight excluding hydrogens is 392 g/mol. The summed E-state index contributed by atoms with van der Waals surface area (Å²) in [7, 11) is 0. The highest BCUT2D eigenvalue weighted by Gasteiger charge is 2.24. The molecule has 152 valence electrons. The van der Waals surface area contributed by atoms with Crippen molar-refractivity contribution in [1.29, 1.82) is 0 Å². The largest absolute Gasteiger partial charge is 0.379 e. The Morgan fingerprint density at radius 3 is 2.69 bits per heavy atom. The van der Waals surface area contributed by atoms with Crippen LogP contribution in [0.15, 0.2) is 34.9 Å². The van der Waals surface area contributed by atoms with Crippen LogP contribution in [-0.4, -0.2) is 53.8 Å². The Bertz CT molecular complexity index is 1010. The molecule has 0 aliphatic carbocycles. The maximum Gasteiger partial charge on any atom is 0.258 e. The molecule has 4 rings (SSSR count). The Hall–Kier alpha value is -2.48. The van der Waals surface area contributed by atoms with E-state index >= 15 is 0 Å². The molecule has 1 saturated heterocycles. The fraction of sp³-hybridized carbons (Fsp3) is 0.381. The summed E-state index contributed by atoms with van der Waals surface area (Å²) in [5.74, 6) is -0.168. The number of benzene rings is 1. The summed E-state index contributed by atoms with van der Waals surface area (Å²) in [6, 6.07) is 9.57. The fourth-order valence-corrected chi connectivity index (χ4v) is 3.84. The molecule has 0 saturated carbocycles. The summed E-state index contributed by atoms with van der Waals surface area (Å²) in [6.45, 7) is 7.10. The van der Waals surface area contributed by atoms with Crippen LogP contribution < -0.4 is 5.32 Å². The lowest BCUT2D eigenvalue weighted by Crippen LogP contribution is -2.43. The van der Waals surface area contributed by atoms with E-state index in [1.165, 1.54) is 0 Å². The predicted molar refractivity (Wildman–Crippen MR) is 110 cm³/mol. The molecule has 1 fully saturated rings. The van der Waals surface area contributed by atoms with Gasteiger partial charge in [-0.15, -0.1) is 0 Å². The molecule has 0 spiro atoms. The van der Waals surface area contributed by atoms with Gasteiger partial charge in [0.2, 0.25) is 0 Å². The minimum Gasteiger partial charge on any atom is -0.379 e. The molecule has 8 heteroatoms. The van der Waals surface area contributed by atoms with Gasteiger partial charge in [0, 0.05) is 30.4 Å². The van der Waals surface area contributed by atoms with Crippen molar-refractivity contribution in [2.75, 3.05) is 32.8 Å². The summed E-state index contributed by atoms with van der Waals surface area (Å²) in [6.07, 6.45) is 0. The van der Waals surface area contributed by atoms with E-state index in [9.17, 15) is 4.79 Å². The first-order valence-electron chi connectivity index (χ1n) is 9.62. The molecule has 1 amide bonds. The highest BCUT2D eigenvalue weighted by atomic mass is 35.5. The van der Waals surface area contributed by atoms with Gasteiger partial charge < -0.3 is 14.6 Å². The smallest absolute Gasteiger partial charge is 0.258 e. The van der Waals surface area contributed by atoms with E-state index in [0.717, 1.165) is 18.7 Å². The Labute approximate surface area is 174 Å². The van der Waals surface area contributed by atoms with Gasteiger partial charge in [-0.1, -0.05) is 28.9 Å². The molecule has 1 N–H and O–H groups in total. The van der Waals surface area contributed by atoms with E-state index in [1.54, 1.807) is 6.07 Å². The van der Waals surface area contributed by atoms with Crippen molar-refractivity contribution in [3.63, 3.8) is 0 Å². The van der Waals surface area contributed by atoms with E-state index in [2.05, 4.69) is 20.4 Å². The van der Waals surface area contributed by atoms with Crippen LogP contribution in [0.4, 0.5) is 0 Å². The average molecular weight is 415 g/mol. The number of aromatic nitrogens is 2. The topological polar surface area (TPSA) is 80.5 Å². The maximum absolute atomic E-state index is 13.1. The molecule has 0 radical (unpaired) electrons. The number of nitrogens with zero attached hydrogens (tertiary/aromatic N) is 3. The Kier molecular flexibility index (Phi) is 5.80. The van der Waals surface area contributed by atoms with Gasteiger partial charge >= 0.3 is 0 Å². The van der Waals surface area contributed by atoms with Gasteiger partial charge in [-0.25, -0.2) is 4.98 Å². The zero-order chi connectivity index (χ0) is 20.4. The highest BCUT2D eigenvalue weighted by Crippen LogP contribution is 2.25. The van der Waals surface area contributed by atoms with Crippen LogP contribution in [0.25, 0.3) is 11.1 Å². The van der Waals surface area contributed by atoms with E-state index in [4.69, 9.17) is 20.9 Å². The fourth-order valence-electron chi connectivity index (χ4n) is 3.71. The van der Waals surface area contributed by atoms with Crippen molar-refractivity contribution in [1.82, 2.24) is 20.4 Å². The molecule has 3 aromatic rings. The monoisotopic (exact) mass is 414 g/mol. The zero-order valence-corrected chi connectivity index (χ0v) is 17.2. The van der Waals surface area contributed by atoms with Gasteiger partial charge in [0.05, 0.1) is 35.9 Å². The third-order valence-corrected chi connectivity index (χ3v) is 5.44. The first kappa shape index (κ1) is 19.8. The number of hydrogen-bond acceptors (Lipinski definition) is 6. The summed E-state index contributed by atoms with van der Waals surface area (Å²) in [5, 5.41) is 8.39. The number of ether oxygens (including phenoxy) is 1. The highest BCUT2D eigenvalue weighted by molar-refractivity contribution is 6.30. The van der Waals surface area contributed by atoms with Crippen LogP contribution in [0.3, 0.4) is 0 Å². The summed E-state index contributed by atoms with van der Waals surface area (Å²) in [4.78, 5) is 19.7. The van der Waals surface area contributed by atoms with Crippen LogP contribution in [0.5, 0.6) is 0 Å². The number of amides is 1. The number of nitrogens with one attached hydrogen (secondary N) is 1. The Morgan fingerprint density at radius 1 is 1.24 bits per heavy atom. The molecule has 1 aliphatic rings. The minimum atomic E-state index is -0.168. The number of morpholine rings is 1. The van der Waals surface area contributed by atoms with Crippen LogP contribution in [0.1, 0.15) is 33.4 Å². The Morgan fingerprint density at radius 2 is 1.97 bits per heavy atom. The van der Waals surface area contributed by atoms with Crippen molar-refractivity contribution < 1.29 is 14.1 Å². The van der Waals surface area contributed by atoms with E-state index in [0.29, 0.717) is 52.8 Å². The number of aryl methyl sites for hydroxylation is 2. The molecular formula is C21H23ClN4O3. The molecule has 2 aromatic heterocycles. The van der Waals surface area contributed by atoms with Crippen molar-refractivity contribution in [2.45, 2.75) is 19.9 Å². The summed E-state index contributed by atoms with van der Waals surface area (Å²) < 4.78 is 10.7. The van der Waals surface area contributed by atoms with Gasteiger partial charge in [-0.3, -0.25) is 9.69 Å². The van der Waals surface area contributed by atoms with Crippen molar-refractivity contribution in [3.05, 3.63) is 57.9 Å². The zero-order valence-electron chi connectivity index (χ0n) is 16.4. The lowest BCUT2D eigenvalue weighted by Gasteiger charge is -2.35. The standard InChI is InChI=1S/C21H23ClN4O3/c1-13-11-17(19-14(2)25-29-21(19)24-13)20(27)23-12-18(26-7-9-28-10-8-26)15-3-5-16(22)6-4-15/h3-6,11,18H,7-10,12H2,1-2H3,(H,23,27)/t18-/m0/s1. The number of carbonyl (C=O) groups excluding carboxylic acids is 1. The number of fused-ring (bicyclic) bond motifs is 1. The first-order valence-corrected chi connectivity index (χ1v) is 10.00. The van der Waals surface area contributed by atoms with Crippen LogP contribution in [-0.2, 0) is 4.74 Å². The Balaban J connectivity index is 1.58. The van der Waals surface area contributed by atoms with Crippen LogP contribution in [0.2, 0.25) is 5.02 Å². The average Bonchev–Trinajstić information content (AvgIpc) is 3.10. The molecule has 0 bridgehead atoms. The number of carbonyl (C=O) groups is 1. The summed E-state index contributed by atoms with van der Waals surface area (Å²) in [5.41, 5.74) is 3.38. The number of halogens is 1. The second kappa shape index (κ2) is 8.49. The second-order valence-corrected chi connectivity index (χ2v) is 7.62. The van der Waals surface area contributed by atoms with Crippen LogP contribution in [0, 0.1) is 13.8 Å². The van der Waals surface area contributed by atoms with Gasteiger partial charge in [0.15, 0.2) is 0 Å². The van der Waals surface area contributed by atoms with Crippen molar-refractivity contribution in [2.24, 2.45) is 0 Å². The molecule has 29 heavy (non-hydrogen) atoms. The maximum atomic E-state index is 13.1. The predicted octanol–water partition coefficient (Wildman–Crippen LogP) is 3.30. The molecule has 7 nitrogen and oxygen atoms in total. The van der Waals surface area contributed by atoms with Gasteiger partial charge in [0.25, 0.3) is 11.6 Å². The lowest BCUT2D eigenvalue weighted by atomic mass is 10.0. The third kappa shape index (κ3) is 4.27. The van der Waals surface area contributed by atoms with E-state index in [-0.39, 0.29) is 11.9 Å². The SMILES string of the molecule is Cc1cc(C(=O)NC[C@@H](c2ccc(Cl)cc2)N2CCOCC2)c2c(C)noc2n1. The van der Waals surface area contributed by atoms with Gasteiger partial charge in [-0.2, -0.15) is 0 Å². The van der Waals surface area contributed by atoms with Crippen LogP contribution >= 0.6 is 11.6 Å². The minimum absolute atomic E-state index is 0.0297. The number of rotatable bonds is 5. The first-order chi connectivity index (χ1) is 14.0. The van der Waals surface area contributed by atoms with E-state index < -0.39 is 0 Å². The van der Waals surface area contributed by atoms with Gasteiger partial charge in [-0.05, 0) is 37.6 Å². The van der Waals surface area contributed by atoms with Crippen molar-refractivity contribution in [3.8, 4) is 0 Å². The molecule has 1 aromatic carbocycles. The molecule has 1 atom stereocenters. The molecule has 3 heterocycles. The quantitative estimate of drug-likeness (QED) is 0.690. The normalized spacial score (nSPS) is 16.1. The van der Waals surface area contributed by atoms with Gasteiger partial charge in [0.1, 0.15) is 0 Å². The lowest BCUT2D eigenvalue weighted by molar-refractivity contribution is 0.0162. The molecule has 0 unspecified atom stereocenters. The summed E-state index contributed by atoms with van der Waals surface area (Å²) >= 11 is 6.06. The second-order valence-electron chi connectivity index (χ2n) is 7.19. The molecule has 1 aliphatic heterocycles. The number of hydrogen-bond donors (Lipinski definition) is 1. The number of pyridine rings is 1. The van der Waals surface area contributed by atoms with E-state index in [1.807, 2.05) is 38.1 Å².